The molecule has 0 aliphatic rings. The third-order valence-corrected chi connectivity index (χ3v) is 7.02. The molecule has 8 nitrogen and oxygen atoms in total. The van der Waals surface area contributed by atoms with Gasteiger partial charge >= 0.3 is 0 Å². The molecule has 0 bridgehead atoms. The van der Waals surface area contributed by atoms with Crippen LogP contribution in [-0.4, -0.2) is 22.7 Å². The summed E-state index contributed by atoms with van der Waals surface area (Å²) in [7, 11) is -7.94. The first-order valence-corrected chi connectivity index (χ1v) is 12.1. The molecule has 0 spiro atoms. The van der Waals surface area contributed by atoms with Crippen molar-refractivity contribution in [2.24, 2.45) is 0 Å². The van der Waals surface area contributed by atoms with Gasteiger partial charge in [0.2, 0.25) is 0 Å². The number of hydrazine groups is 1. The summed E-state index contributed by atoms with van der Waals surface area (Å²) >= 11 is 0. The third-order valence-electron chi connectivity index (χ3n) is 4.38. The van der Waals surface area contributed by atoms with Gasteiger partial charge in [0.15, 0.2) is 0 Å². The number of carbonyl (C=O) groups is 1. The summed E-state index contributed by atoms with van der Waals surface area (Å²) in [5, 5.41) is 0. The number of para-hydroxylation sites is 1. The molecular weight excluding hydrogens is 438 g/mol. The summed E-state index contributed by atoms with van der Waals surface area (Å²) < 4.78 is 52.4. The van der Waals surface area contributed by atoms with E-state index in [1.54, 1.807) is 30.3 Å². The van der Waals surface area contributed by atoms with Crippen LogP contribution in [0.1, 0.15) is 21.5 Å². The fourth-order valence-corrected chi connectivity index (χ4v) is 4.57. The first kappa shape index (κ1) is 22.5. The lowest BCUT2D eigenvalue weighted by molar-refractivity contribution is 0.0946. The van der Waals surface area contributed by atoms with Crippen molar-refractivity contribution in [3.05, 3.63) is 89.5 Å². The molecule has 162 valence electrons. The van der Waals surface area contributed by atoms with Gasteiger partial charge in [0.1, 0.15) is 0 Å². The van der Waals surface area contributed by atoms with Gasteiger partial charge in [-0.15, -0.1) is 4.83 Å². The van der Waals surface area contributed by atoms with Gasteiger partial charge in [0.05, 0.1) is 21.0 Å². The van der Waals surface area contributed by atoms with Crippen LogP contribution in [0.15, 0.2) is 82.6 Å². The Labute approximate surface area is 181 Å². The van der Waals surface area contributed by atoms with E-state index in [1.807, 2.05) is 18.7 Å². The van der Waals surface area contributed by atoms with Gasteiger partial charge in [-0.25, -0.2) is 16.8 Å². The van der Waals surface area contributed by atoms with Gasteiger partial charge in [-0.2, -0.15) is 0 Å². The van der Waals surface area contributed by atoms with Crippen LogP contribution in [0.25, 0.3) is 0 Å². The number of hydrogen-bond donors (Lipinski definition) is 3. The van der Waals surface area contributed by atoms with Crippen LogP contribution in [0.3, 0.4) is 0 Å². The van der Waals surface area contributed by atoms with Gasteiger partial charge in [-0.3, -0.25) is 14.9 Å². The number of amides is 1. The maximum absolute atomic E-state index is 12.7. The Morgan fingerprint density at radius 1 is 0.677 bits per heavy atom. The molecule has 0 saturated heterocycles. The molecule has 31 heavy (non-hydrogen) atoms. The van der Waals surface area contributed by atoms with E-state index in [1.165, 1.54) is 42.5 Å². The van der Waals surface area contributed by atoms with Crippen molar-refractivity contribution < 1.29 is 21.6 Å². The molecule has 0 aliphatic carbocycles. The second-order valence-electron chi connectivity index (χ2n) is 6.84. The summed E-state index contributed by atoms with van der Waals surface area (Å²) in [6, 6.07) is 18.2. The molecular formula is C21H21N3O5S2. The van der Waals surface area contributed by atoms with Crippen LogP contribution in [0.2, 0.25) is 0 Å². The molecule has 3 aromatic carbocycles. The average molecular weight is 460 g/mol. The van der Waals surface area contributed by atoms with E-state index in [4.69, 9.17) is 0 Å². The van der Waals surface area contributed by atoms with Crippen LogP contribution in [0.5, 0.6) is 0 Å². The normalized spacial score (nSPS) is 11.7. The summed E-state index contributed by atoms with van der Waals surface area (Å²) in [5.41, 5.74) is 3.86. The first-order valence-electron chi connectivity index (χ1n) is 9.16. The standard InChI is InChI=1S/C21H21N3O5S2/c1-15-7-11-17(12-8-15)30(26,27)23-20-6-4-3-5-19(20)21(25)22-24-31(28,29)18-13-9-16(2)10-14-18/h3-14,23-24H,1-2H3,(H,22,25). The molecule has 3 aromatic rings. The van der Waals surface area contributed by atoms with E-state index in [-0.39, 0.29) is 21.0 Å². The zero-order chi connectivity index (χ0) is 22.6. The van der Waals surface area contributed by atoms with Crippen molar-refractivity contribution in [3.63, 3.8) is 0 Å². The first-order chi connectivity index (χ1) is 14.6. The highest BCUT2D eigenvalue weighted by Gasteiger charge is 2.20. The lowest BCUT2D eigenvalue weighted by Gasteiger charge is -2.13. The van der Waals surface area contributed by atoms with Crippen molar-refractivity contribution in [2.75, 3.05) is 4.72 Å². The molecule has 10 heteroatoms. The molecule has 0 saturated carbocycles. The second-order valence-corrected chi connectivity index (χ2v) is 10.2. The predicted molar refractivity (Wildman–Crippen MR) is 117 cm³/mol. The number of benzene rings is 3. The fourth-order valence-electron chi connectivity index (χ4n) is 2.65. The molecule has 1 amide bonds. The topological polar surface area (TPSA) is 121 Å². The maximum Gasteiger partial charge on any atom is 0.268 e. The smallest absolute Gasteiger partial charge is 0.268 e. The molecule has 0 fully saturated rings. The predicted octanol–water partition coefficient (Wildman–Crippen LogP) is 2.73. The highest BCUT2D eigenvalue weighted by atomic mass is 32.2. The quantitative estimate of drug-likeness (QED) is 0.469. The molecule has 0 aromatic heterocycles. The van der Waals surface area contributed by atoms with Crippen molar-refractivity contribution in [1.29, 1.82) is 0 Å². The van der Waals surface area contributed by atoms with Crippen molar-refractivity contribution >= 4 is 31.6 Å². The molecule has 0 aliphatic heterocycles. The van der Waals surface area contributed by atoms with Crippen LogP contribution < -0.4 is 15.0 Å². The number of anilines is 1. The highest BCUT2D eigenvalue weighted by Crippen LogP contribution is 2.20. The third kappa shape index (κ3) is 5.48. The highest BCUT2D eigenvalue weighted by molar-refractivity contribution is 7.92. The van der Waals surface area contributed by atoms with Crippen LogP contribution in [-0.2, 0) is 20.0 Å². The Balaban J connectivity index is 1.78. The zero-order valence-electron chi connectivity index (χ0n) is 16.8. The minimum absolute atomic E-state index is 0.00936. The van der Waals surface area contributed by atoms with E-state index in [0.717, 1.165) is 11.1 Å². The zero-order valence-corrected chi connectivity index (χ0v) is 18.4. The number of aryl methyl sites for hydroxylation is 2. The Morgan fingerprint density at radius 2 is 1.16 bits per heavy atom. The molecule has 3 N–H and O–H groups in total. The lowest BCUT2D eigenvalue weighted by atomic mass is 10.2. The van der Waals surface area contributed by atoms with Gasteiger partial charge < -0.3 is 0 Å². The van der Waals surface area contributed by atoms with Gasteiger partial charge in [0.25, 0.3) is 26.0 Å². The largest absolute Gasteiger partial charge is 0.279 e. The molecule has 0 unspecified atom stereocenters. The van der Waals surface area contributed by atoms with Crippen molar-refractivity contribution in [3.8, 4) is 0 Å². The molecule has 3 rings (SSSR count). The average Bonchev–Trinajstić information content (AvgIpc) is 2.73. The van der Waals surface area contributed by atoms with Gasteiger partial charge in [-0.1, -0.05) is 47.5 Å². The molecule has 0 radical (unpaired) electrons. The number of rotatable bonds is 7. The van der Waals surface area contributed by atoms with E-state index < -0.39 is 26.0 Å². The minimum atomic E-state index is -4.00. The van der Waals surface area contributed by atoms with E-state index in [9.17, 15) is 21.6 Å². The number of nitrogens with one attached hydrogen (secondary N) is 3. The SMILES string of the molecule is Cc1ccc(S(=O)(=O)NNC(=O)c2ccccc2NS(=O)(=O)c2ccc(C)cc2)cc1. The van der Waals surface area contributed by atoms with E-state index >= 15 is 0 Å². The van der Waals surface area contributed by atoms with E-state index in [2.05, 4.69) is 10.1 Å². The summed E-state index contributed by atoms with van der Waals surface area (Å²) in [5.74, 6) is -0.821. The second kappa shape index (κ2) is 8.88. The van der Waals surface area contributed by atoms with Crippen LogP contribution >= 0.6 is 0 Å². The molecule has 0 heterocycles. The Bertz CT molecular complexity index is 1300. The van der Waals surface area contributed by atoms with Gasteiger partial charge in [-0.05, 0) is 50.2 Å². The minimum Gasteiger partial charge on any atom is -0.279 e. The summed E-state index contributed by atoms with van der Waals surface area (Å²) in [6.07, 6.45) is 0. The number of hydrogen-bond acceptors (Lipinski definition) is 5. The summed E-state index contributed by atoms with van der Waals surface area (Å²) in [6.45, 7) is 3.65. The number of carbonyl (C=O) groups excluding carboxylic acids is 1. The van der Waals surface area contributed by atoms with E-state index in [0.29, 0.717) is 0 Å². The van der Waals surface area contributed by atoms with Crippen LogP contribution in [0.4, 0.5) is 5.69 Å². The van der Waals surface area contributed by atoms with Gasteiger partial charge in [0, 0.05) is 0 Å². The fraction of sp³-hybridized carbons (Fsp3) is 0.0952. The lowest BCUT2D eigenvalue weighted by Crippen LogP contribution is -2.41. The summed E-state index contributed by atoms with van der Waals surface area (Å²) in [4.78, 5) is 14.6. The van der Waals surface area contributed by atoms with Crippen molar-refractivity contribution in [2.45, 2.75) is 23.6 Å². The number of sulfonamides is 2. The monoisotopic (exact) mass is 459 g/mol. The Hall–Kier alpha value is -3.21. The van der Waals surface area contributed by atoms with Crippen molar-refractivity contribution in [1.82, 2.24) is 10.3 Å². The molecule has 0 atom stereocenters. The Kier molecular flexibility index (Phi) is 6.44. The Morgan fingerprint density at radius 3 is 1.71 bits per heavy atom. The maximum atomic E-state index is 12.7. The van der Waals surface area contributed by atoms with Crippen LogP contribution in [0, 0.1) is 13.8 Å².